The fourth-order valence-corrected chi connectivity index (χ4v) is 2.97. The Hall–Kier alpha value is -0.610. The summed E-state index contributed by atoms with van der Waals surface area (Å²) in [7, 11) is 1.92. The Bertz CT molecular complexity index is 525. The van der Waals surface area contributed by atoms with E-state index in [1.54, 1.807) is 11.3 Å². The molecule has 1 heterocycles. The zero-order chi connectivity index (χ0) is 12.4. The molecular weight excluding hydrogens is 275 g/mol. The van der Waals surface area contributed by atoms with Gasteiger partial charge in [0.2, 0.25) is 0 Å². The smallest absolute Gasteiger partial charge is 0.0798 e. The van der Waals surface area contributed by atoms with Crippen LogP contribution in [0.2, 0.25) is 10.0 Å². The summed E-state index contributed by atoms with van der Waals surface area (Å²) in [5.41, 5.74) is 3.99. The lowest BCUT2D eigenvalue weighted by molar-refractivity contribution is 0.698. The second-order valence-electron chi connectivity index (χ2n) is 3.70. The van der Waals surface area contributed by atoms with E-state index in [0.29, 0.717) is 10.0 Å². The van der Waals surface area contributed by atoms with Gasteiger partial charge >= 0.3 is 0 Å². The van der Waals surface area contributed by atoms with Gasteiger partial charge in [0.25, 0.3) is 0 Å². The van der Waals surface area contributed by atoms with Gasteiger partial charge in [-0.1, -0.05) is 29.3 Å². The molecule has 0 saturated carbocycles. The lowest BCUT2D eigenvalue weighted by Crippen LogP contribution is -2.17. The van der Waals surface area contributed by atoms with Crippen LogP contribution >= 0.6 is 34.5 Å². The van der Waals surface area contributed by atoms with Crippen LogP contribution in [-0.4, -0.2) is 12.0 Å². The maximum Gasteiger partial charge on any atom is 0.0798 e. The van der Waals surface area contributed by atoms with Gasteiger partial charge in [0.15, 0.2) is 0 Å². The van der Waals surface area contributed by atoms with Gasteiger partial charge < -0.3 is 5.32 Å². The van der Waals surface area contributed by atoms with Gasteiger partial charge in [0.05, 0.1) is 27.3 Å². The van der Waals surface area contributed by atoms with Gasteiger partial charge in [-0.15, -0.1) is 11.3 Å². The minimum absolute atomic E-state index is 0.109. The minimum Gasteiger partial charge on any atom is -0.309 e. The summed E-state index contributed by atoms with van der Waals surface area (Å²) in [4.78, 5) is 5.47. The van der Waals surface area contributed by atoms with Gasteiger partial charge in [-0.25, -0.2) is 4.98 Å². The molecule has 2 rings (SSSR count). The molecule has 0 bridgehead atoms. The third-order valence-corrected chi connectivity index (χ3v) is 4.35. The first-order chi connectivity index (χ1) is 8.13. The van der Waals surface area contributed by atoms with E-state index in [2.05, 4.69) is 10.3 Å². The molecule has 0 aliphatic carbocycles. The van der Waals surface area contributed by atoms with E-state index in [1.807, 2.05) is 37.7 Å². The highest BCUT2D eigenvalue weighted by atomic mass is 35.5. The highest BCUT2D eigenvalue weighted by molar-refractivity contribution is 7.09. The summed E-state index contributed by atoms with van der Waals surface area (Å²) in [5, 5.41) is 4.43. The molecule has 17 heavy (non-hydrogen) atoms. The van der Waals surface area contributed by atoms with Crippen molar-refractivity contribution < 1.29 is 0 Å². The molecule has 0 spiro atoms. The zero-order valence-electron chi connectivity index (χ0n) is 9.50. The molecule has 1 aromatic heterocycles. The number of halogens is 2. The van der Waals surface area contributed by atoms with E-state index in [9.17, 15) is 0 Å². The summed E-state index contributed by atoms with van der Waals surface area (Å²) in [6.45, 7) is 2.01. The third kappa shape index (κ3) is 2.63. The second kappa shape index (κ2) is 5.36. The number of benzene rings is 1. The molecule has 1 atom stereocenters. The van der Waals surface area contributed by atoms with Crippen LogP contribution < -0.4 is 5.32 Å². The monoisotopic (exact) mass is 286 g/mol. The van der Waals surface area contributed by atoms with Gasteiger partial charge in [-0.05, 0) is 31.7 Å². The first-order valence-corrected chi connectivity index (χ1v) is 6.79. The fourth-order valence-electron chi connectivity index (χ4n) is 1.73. The molecule has 0 aliphatic rings. The van der Waals surface area contributed by atoms with Crippen molar-refractivity contribution in [3.63, 3.8) is 0 Å². The third-order valence-electron chi connectivity index (χ3n) is 2.61. The number of nitrogens with one attached hydrogen (secondary N) is 1. The molecular formula is C12H12Cl2N2S. The Balaban J connectivity index is 2.42. The van der Waals surface area contributed by atoms with Crippen LogP contribution in [-0.2, 0) is 0 Å². The van der Waals surface area contributed by atoms with Crippen molar-refractivity contribution >= 4 is 34.5 Å². The van der Waals surface area contributed by atoms with E-state index in [1.165, 1.54) is 4.88 Å². The molecule has 90 valence electrons. The zero-order valence-corrected chi connectivity index (χ0v) is 11.8. The Kier molecular flexibility index (Phi) is 4.05. The van der Waals surface area contributed by atoms with Crippen LogP contribution in [0.15, 0.2) is 23.7 Å². The van der Waals surface area contributed by atoms with Crippen molar-refractivity contribution in [2.75, 3.05) is 7.05 Å². The lowest BCUT2D eigenvalue weighted by atomic mass is 10.0. The Morgan fingerprint density at radius 3 is 2.59 bits per heavy atom. The first kappa shape index (κ1) is 12.8. The molecule has 0 saturated heterocycles. The predicted molar refractivity (Wildman–Crippen MR) is 74.2 cm³/mol. The number of thiazole rings is 1. The lowest BCUT2D eigenvalue weighted by Gasteiger charge is -2.16. The summed E-state index contributed by atoms with van der Waals surface area (Å²) >= 11 is 13.6. The Morgan fingerprint density at radius 2 is 2.06 bits per heavy atom. The molecule has 2 aromatic rings. The van der Waals surface area contributed by atoms with Gasteiger partial charge in [0.1, 0.15) is 0 Å². The van der Waals surface area contributed by atoms with Crippen LogP contribution in [0.5, 0.6) is 0 Å². The molecule has 1 N–H and O–H groups in total. The van der Waals surface area contributed by atoms with Crippen molar-refractivity contribution in [2.24, 2.45) is 0 Å². The minimum atomic E-state index is 0.109. The van der Waals surface area contributed by atoms with Crippen LogP contribution in [0.4, 0.5) is 0 Å². The number of aryl methyl sites for hydroxylation is 1. The predicted octanol–water partition coefficient (Wildman–Crippen LogP) is 4.07. The molecule has 1 aromatic carbocycles. The van der Waals surface area contributed by atoms with E-state index < -0.39 is 0 Å². The topological polar surface area (TPSA) is 24.9 Å². The molecule has 0 fully saturated rings. The van der Waals surface area contributed by atoms with Crippen LogP contribution in [0.1, 0.15) is 22.2 Å². The quantitative estimate of drug-likeness (QED) is 0.920. The summed E-state index contributed by atoms with van der Waals surface area (Å²) in [6, 6.07) is 5.80. The summed E-state index contributed by atoms with van der Waals surface area (Å²) < 4.78 is 0. The van der Waals surface area contributed by atoms with Gasteiger partial charge in [-0.3, -0.25) is 0 Å². The maximum absolute atomic E-state index is 6.04. The molecule has 0 amide bonds. The van der Waals surface area contributed by atoms with Gasteiger partial charge in [-0.2, -0.15) is 0 Å². The van der Waals surface area contributed by atoms with E-state index in [4.69, 9.17) is 23.2 Å². The number of hydrogen-bond donors (Lipinski definition) is 1. The maximum atomic E-state index is 6.04. The summed E-state index contributed by atoms with van der Waals surface area (Å²) in [5.74, 6) is 0. The number of aromatic nitrogens is 1. The molecule has 0 aliphatic heterocycles. The summed E-state index contributed by atoms with van der Waals surface area (Å²) in [6.07, 6.45) is 0. The van der Waals surface area contributed by atoms with Gasteiger partial charge in [0, 0.05) is 4.88 Å². The van der Waals surface area contributed by atoms with Crippen LogP contribution in [0, 0.1) is 6.92 Å². The van der Waals surface area contributed by atoms with Crippen LogP contribution in [0.3, 0.4) is 0 Å². The average Bonchev–Trinajstić information content (AvgIpc) is 2.71. The standard InChI is InChI=1S/C12H12Cl2N2S/c1-7-12(17-6-16-7)11(15-2)8-3-4-9(13)10(14)5-8/h3-6,11,15H,1-2H3. The number of hydrogen-bond acceptors (Lipinski definition) is 3. The Morgan fingerprint density at radius 1 is 1.29 bits per heavy atom. The Labute approximate surface area is 115 Å². The van der Waals surface area contributed by atoms with Crippen molar-refractivity contribution in [1.29, 1.82) is 0 Å². The number of nitrogens with zero attached hydrogens (tertiary/aromatic N) is 1. The van der Waals surface area contributed by atoms with Crippen molar-refractivity contribution in [3.8, 4) is 0 Å². The molecule has 0 radical (unpaired) electrons. The normalized spacial score (nSPS) is 12.7. The van der Waals surface area contributed by atoms with Crippen molar-refractivity contribution in [3.05, 3.63) is 49.9 Å². The van der Waals surface area contributed by atoms with E-state index in [-0.39, 0.29) is 6.04 Å². The SMILES string of the molecule is CNC(c1ccc(Cl)c(Cl)c1)c1scnc1C. The molecule has 5 heteroatoms. The second-order valence-corrected chi connectivity index (χ2v) is 5.40. The largest absolute Gasteiger partial charge is 0.309 e. The van der Waals surface area contributed by atoms with Crippen LogP contribution in [0.25, 0.3) is 0 Å². The van der Waals surface area contributed by atoms with Crippen molar-refractivity contribution in [2.45, 2.75) is 13.0 Å². The molecule has 2 nitrogen and oxygen atoms in total. The van der Waals surface area contributed by atoms with Crippen molar-refractivity contribution in [1.82, 2.24) is 10.3 Å². The molecule has 1 unspecified atom stereocenters. The van der Waals surface area contributed by atoms with E-state index in [0.717, 1.165) is 11.3 Å². The van der Waals surface area contributed by atoms with E-state index >= 15 is 0 Å². The number of rotatable bonds is 3. The first-order valence-electron chi connectivity index (χ1n) is 5.15. The highest BCUT2D eigenvalue weighted by Crippen LogP contribution is 2.31. The highest BCUT2D eigenvalue weighted by Gasteiger charge is 2.17. The average molecular weight is 287 g/mol. The fraction of sp³-hybridized carbons (Fsp3) is 0.250.